The van der Waals surface area contributed by atoms with Gasteiger partial charge in [-0.1, -0.05) is 0 Å². The molecule has 1 heterocycles. The lowest BCUT2D eigenvalue weighted by atomic mass is 10.2. The summed E-state index contributed by atoms with van der Waals surface area (Å²) in [6.45, 7) is 2.59. The van der Waals surface area contributed by atoms with Crippen LogP contribution in [0.3, 0.4) is 0 Å². The molecule has 1 fully saturated rings. The van der Waals surface area contributed by atoms with Crippen molar-refractivity contribution in [1.82, 2.24) is 0 Å². The molecule has 1 aromatic carbocycles. The van der Waals surface area contributed by atoms with Crippen LogP contribution in [0.15, 0.2) is 18.2 Å². The number of benzene rings is 1. The molecule has 0 bridgehead atoms. The van der Waals surface area contributed by atoms with Crippen LogP contribution in [0.2, 0.25) is 0 Å². The molecule has 1 saturated heterocycles. The van der Waals surface area contributed by atoms with Crippen molar-refractivity contribution < 1.29 is 9.50 Å². The van der Waals surface area contributed by atoms with E-state index in [1.165, 1.54) is 0 Å². The van der Waals surface area contributed by atoms with Crippen molar-refractivity contribution in [2.45, 2.75) is 0 Å². The number of piperazine rings is 1. The molecule has 0 aliphatic carbocycles. The molecule has 5 heteroatoms. The quantitative estimate of drug-likeness (QED) is 0.596. The summed E-state index contributed by atoms with van der Waals surface area (Å²) in [7, 11) is 1.60. The fourth-order valence-electron chi connectivity index (χ4n) is 1.84. The first-order chi connectivity index (χ1) is 7.70. The summed E-state index contributed by atoms with van der Waals surface area (Å²) in [5.74, 6) is 0.682. The Morgan fingerprint density at radius 2 is 2.06 bits per heavy atom. The van der Waals surface area contributed by atoms with Gasteiger partial charge in [0.1, 0.15) is 5.75 Å². The molecule has 5 nitrogen and oxygen atoms in total. The lowest BCUT2D eigenvalue weighted by molar-refractivity contribution is -0.550. The van der Waals surface area contributed by atoms with Gasteiger partial charge in [-0.15, -0.1) is 0 Å². The highest BCUT2D eigenvalue weighted by Crippen LogP contribution is 2.27. The average Bonchev–Trinajstić information content (AvgIpc) is 2.31. The van der Waals surface area contributed by atoms with Crippen LogP contribution in [-0.2, 0) is 0 Å². The molecular weight excluding hydrogens is 206 g/mol. The van der Waals surface area contributed by atoms with Gasteiger partial charge < -0.3 is 15.4 Å². The van der Waals surface area contributed by atoms with Gasteiger partial charge in [0.2, 0.25) is 13.1 Å². The highest BCUT2D eigenvalue weighted by Gasteiger charge is 2.21. The maximum Gasteiger partial charge on any atom is 0.209 e. The molecule has 1 aliphatic rings. The van der Waals surface area contributed by atoms with E-state index in [-0.39, 0.29) is 0 Å². The maximum absolute atomic E-state index is 11.1. The summed E-state index contributed by atoms with van der Waals surface area (Å²) in [5, 5.41) is 0. The predicted molar refractivity (Wildman–Crippen MR) is 63.0 cm³/mol. The fourth-order valence-corrected chi connectivity index (χ4v) is 1.84. The number of methoxy groups -OCH3 is 1. The van der Waals surface area contributed by atoms with E-state index in [0.717, 1.165) is 23.5 Å². The van der Waals surface area contributed by atoms with Crippen molar-refractivity contribution in [2.24, 2.45) is 0 Å². The number of rotatable bonds is 2. The van der Waals surface area contributed by atoms with E-state index >= 15 is 0 Å². The number of hydrogen-bond acceptors (Lipinski definition) is 4. The summed E-state index contributed by atoms with van der Waals surface area (Å²) in [4.78, 5) is 13.2. The monoisotopic (exact) mass is 222 g/mol. The Hall–Kier alpha value is -1.78. The summed E-state index contributed by atoms with van der Waals surface area (Å²) in [6, 6.07) is 5.70. The zero-order valence-corrected chi connectivity index (χ0v) is 9.35. The molecule has 2 N–H and O–H groups in total. The molecule has 16 heavy (non-hydrogen) atoms. The number of ether oxygens (including phenoxy) is 1. The van der Waals surface area contributed by atoms with Gasteiger partial charge in [-0.3, -0.25) is 0 Å². The SMILES string of the molecule is COc1cc(N2CC[N+](=O)CC2)ccc1N. The minimum absolute atomic E-state index is 0.548. The maximum atomic E-state index is 11.1. The topological polar surface area (TPSA) is 58.6 Å². The third-order valence-electron chi connectivity index (χ3n) is 2.82. The van der Waals surface area contributed by atoms with Crippen molar-refractivity contribution in [1.29, 1.82) is 0 Å². The molecular formula is C11H16N3O2+. The third kappa shape index (κ3) is 2.08. The Labute approximate surface area is 94.4 Å². The van der Waals surface area contributed by atoms with Crippen molar-refractivity contribution in [3.05, 3.63) is 23.1 Å². The van der Waals surface area contributed by atoms with Crippen molar-refractivity contribution in [3.63, 3.8) is 0 Å². The Morgan fingerprint density at radius 3 is 2.69 bits per heavy atom. The van der Waals surface area contributed by atoms with E-state index in [2.05, 4.69) is 4.90 Å². The molecule has 0 atom stereocenters. The fraction of sp³-hybridized carbons (Fsp3) is 0.455. The van der Waals surface area contributed by atoms with Crippen LogP contribution in [0.4, 0.5) is 11.4 Å². The van der Waals surface area contributed by atoms with Gasteiger partial charge in [0.05, 0.1) is 25.9 Å². The van der Waals surface area contributed by atoms with Crippen LogP contribution < -0.4 is 15.4 Å². The van der Waals surface area contributed by atoms with Crippen molar-refractivity contribution in [2.75, 3.05) is 43.9 Å². The Kier molecular flexibility index (Phi) is 2.94. The molecule has 0 amide bonds. The van der Waals surface area contributed by atoms with E-state index in [9.17, 15) is 4.91 Å². The first kappa shape index (κ1) is 10.7. The Balaban J connectivity index is 2.17. The van der Waals surface area contributed by atoms with Gasteiger partial charge in [-0.25, -0.2) is 0 Å². The minimum atomic E-state index is 0.548. The van der Waals surface area contributed by atoms with Crippen molar-refractivity contribution >= 4 is 11.4 Å². The normalized spacial score (nSPS) is 16.3. The summed E-state index contributed by atoms with van der Waals surface area (Å²) in [6.07, 6.45) is 0. The Bertz CT molecular complexity index is 396. The molecule has 86 valence electrons. The molecule has 0 saturated carbocycles. The molecule has 0 radical (unpaired) electrons. The van der Waals surface area contributed by atoms with Crippen LogP contribution in [0.25, 0.3) is 0 Å². The second-order valence-electron chi connectivity index (χ2n) is 3.84. The van der Waals surface area contributed by atoms with Crippen LogP contribution in [-0.4, -0.2) is 38.0 Å². The average molecular weight is 222 g/mol. The first-order valence-corrected chi connectivity index (χ1v) is 5.31. The van der Waals surface area contributed by atoms with Gasteiger partial charge in [0, 0.05) is 21.4 Å². The van der Waals surface area contributed by atoms with Crippen LogP contribution in [0, 0.1) is 4.91 Å². The minimum Gasteiger partial charge on any atom is -0.495 e. The molecule has 1 aliphatic heterocycles. The number of nitrogens with two attached hydrogens (primary N) is 1. The van der Waals surface area contributed by atoms with Gasteiger partial charge in [0.15, 0.2) is 0 Å². The van der Waals surface area contributed by atoms with E-state index in [4.69, 9.17) is 10.5 Å². The molecule has 2 rings (SSSR count). The van der Waals surface area contributed by atoms with Gasteiger partial charge in [-0.2, -0.15) is 0 Å². The molecule has 1 aromatic rings. The second kappa shape index (κ2) is 4.38. The second-order valence-corrected chi connectivity index (χ2v) is 3.84. The summed E-state index contributed by atoms with van der Waals surface area (Å²) in [5.41, 5.74) is 7.44. The van der Waals surface area contributed by atoms with Crippen molar-refractivity contribution in [3.8, 4) is 5.75 Å². The molecule has 0 spiro atoms. The summed E-state index contributed by atoms with van der Waals surface area (Å²) < 4.78 is 6.26. The standard InChI is InChI=1S/C11H16N3O2/c1-16-11-8-9(2-3-10(11)12)13-4-6-14(15)7-5-13/h2-3,8H,4-7,12H2,1H3/q+1. The van der Waals surface area contributed by atoms with E-state index in [1.54, 1.807) is 7.11 Å². The van der Waals surface area contributed by atoms with E-state index < -0.39 is 0 Å². The van der Waals surface area contributed by atoms with E-state index in [1.807, 2.05) is 18.2 Å². The number of nitrogens with zero attached hydrogens (tertiary/aromatic N) is 2. The summed E-state index contributed by atoms with van der Waals surface area (Å²) >= 11 is 0. The Morgan fingerprint density at radius 1 is 1.38 bits per heavy atom. The highest BCUT2D eigenvalue weighted by atomic mass is 16.5. The molecule has 0 aromatic heterocycles. The predicted octanol–water partition coefficient (Wildman–Crippen LogP) is 0.876. The van der Waals surface area contributed by atoms with E-state index in [0.29, 0.717) is 24.5 Å². The van der Waals surface area contributed by atoms with Crippen LogP contribution >= 0.6 is 0 Å². The first-order valence-electron chi connectivity index (χ1n) is 5.31. The number of nitroso groups, excluding NO2 is 1. The number of hydrogen-bond donors (Lipinski definition) is 1. The largest absolute Gasteiger partial charge is 0.495 e. The lowest BCUT2D eigenvalue weighted by Gasteiger charge is -2.25. The van der Waals surface area contributed by atoms with Gasteiger partial charge >= 0.3 is 0 Å². The zero-order valence-electron chi connectivity index (χ0n) is 9.35. The van der Waals surface area contributed by atoms with Crippen LogP contribution in [0.5, 0.6) is 5.75 Å². The zero-order chi connectivity index (χ0) is 11.5. The van der Waals surface area contributed by atoms with Gasteiger partial charge in [0.25, 0.3) is 0 Å². The third-order valence-corrected chi connectivity index (χ3v) is 2.82. The highest BCUT2D eigenvalue weighted by molar-refractivity contribution is 5.62. The van der Waals surface area contributed by atoms with Crippen LogP contribution in [0.1, 0.15) is 0 Å². The number of nitrogen functional groups attached to an aromatic ring is 1. The lowest BCUT2D eigenvalue weighted by Crippen LogP contribution is -2.41. The van der Waals surface area contributed by atoms with Gasteiger partial charge in [-0.05, 0) is 12.1 Å². The number of anilines is 2. The molecule has 0 unspecified atom stereocenters. The smallest absolute Gasteiger partial charge is 0.209 e.